The van der Waals surface area contributed by atoms with Gasteiger partial charge in [-0.3, -0.25) is 0 Å². The lowest BCUT2D eigenvalue weighted by Gasteiger charge is -2.10. The summed E-state index contributed by atoms with van der Waals surface area (Å²) in [5, 5.41) is 0. The van der Waals surface area contributed by atoms with Crippen LogP contribution in [0.3, 0.4) is 0 Å². The van der Waals surface area contributed by atoms with E-state index >= 15 is 0 Å². The van der Waals surface area contributed by atoms with Crippen LogP contribution in [0, 0.1) is 0 Å². The Kier molecular flexibility index (Phi) is 5.01. The lowest BCUT2D eigenvalue weighted by Crippen LogP contribution is -2.39. The Morgan fingerprint density at radius 3 is 1.88 bits per heavy atom. The maximum atomic E-state index is 9.75. The zero-order valence-electron chi connectivity index (χ0n) is 13.6. The minimum Gasteiger partial charge on any atom is -0.418 e. The topological polar surface area (TPSA) is 17.0 Å². The third-order valence-corrected chi connectivity index (χ3v) is 3.17. The van der Waals surface area contributed by atoms with E-state index < -0.39 is 7.25 Å². The van der Waals surface area contributed by atoms with Crippen LogP contribution in [0.5, 0.6) is 0 Å². The molecule has 2 nitrogen and oxygen atoms in total. The van der Waals surface area contributed by atoms with Gasteiger partial charge < -0.3 is 21.7 Å². The van der Waals surface area contributed by atoms with E-state index in [1.807, 2.05) is 24.3 Å². The molecule has 0 saturated carbocycles. The number of rotatable bonds is 1. The summed E-state index contributed by atoms with van der Waals surface area (Å²) >= 11 is 0. The number of para-hydroxylation sites is 3. The second-order valence-electron chi connectivity index (χ2n) is 6.29. The number of benzene rings is 2. The molecule has 0 aliphatic heterocycles. The molecule has 0 atom stereocenters. The summed E-state index contributed by atoms with van der Waals surface area (Å²) < 4.78 is 47.3. The average Bonchev–Trinajstić information content (AvgIpc) is 2.86. The van der Waals surface area contributed by atoms with Crippen molar-refractivity contribution in [2.24, 2.45) is 0 Å². The molecule has 1 aromatic heterocycles. The zero-order valence-corrected chi connectivity index (χ0v) is 13.6. The second-order valence-corrected chi connectivity index (χ2v) is 6.29. The molecule has 0 radical (unpaired) electrons. The molecule has 2 aromatic carbocycles. The Hall–Kier alpha value is -2.31. The van der Waals surface area contributed by atoms with Crippen molar-refractivity contribution in [1.29, 1.82) is 0 Å². The molecule has 0 N–H and O–H groups in total. The van der Waals surface area contributed by atoms with Crippen LogP contribution in [0.25, 0.3) is 16.8 Å². The minimum atomic E-state index is -6.00. The maximum absolute atomic E-state index is 9.75. The van der Waals surface area contributed by atoms with Crippen molar-refractivity contribution in [2.45, 2.75) is 26.2 Å². The zero-order chi connectivity index (χ0) is 18.0. The van der Waals surface area contributed by atoms with E-state index in [0.29, 0.717) is 0 Å². The van der Waals surface area contributed by atoms with Crippen molar-refractivity contribution in [3.8, 4) is 5.69 Å². The third-order valence-electron chi connectivity index (χ3n) is 3.17. The van der Waals surface area contributed by atoms with E-state index in [1.54, 1.807) is 0 Å². The van der Waals surface area contributed by atoms with E-state index in [9.17, 15) is 17.3 Å². The number of hydrogen-bond donors (Lipinski definition) is 0. The molecule has 0 bridgehead atoms. The first-order valence-corrected chi connectivity index (χ1v) is 7.44. The highest BCUT2D eigenvalue weighted by Gasteiger charge is 2.34. The number of nitrogens with zero attached hydrogens (tertiary/aromatic N) is 1. The quantitative estimate of drug-likeness (QED) is 0.334. The molecule has 0 aliphatic rings. The van der Waals surface area contributed by atoms with Crippen molar-refractivity contribution in [2.75, 3.05) is 0 Å². The van der Waals surface area contributed by atoms with E-state index in [0.717, 1.165) is 22.7 Å². The van der Waals surface area contributed by atoms with Gasteiger partial charge in [-0.1, -0.05) is 30.3 Å². The highest BCUT2D eigenvalue weighted by Crippen LogP contribution is 2.25. The molecule has 7 heteroatoms. The maximum Gasteiger partial charge on any atom is 0.673 e. The monoisotopic (exact) mass is 339 g/mol. The Labute approximate surface area is 137 Å². The van der Waals surface area contributed by atoms with Crippen molar-refractivity contribution in [3.05, 3.63) is 60.5 Å². The van der Waals surface area contributed by atoms with Gasteiger partial charge in [0, 0.05) is 18.2 Å². The second kappa shape index (κ2) is 6.67. The fourth-order valence-electron chi connectivity index (χ4n) is 2.31. The smallest absolute Gasteiger partial charge is 0.418 e. The highest BCUT2D eigenvalue weighted by atomic mass is 19.5. The first-order chi connectivity index (χ1) is 11.1. The molecule has 0 aliphatic carbocycles. The molecule has 0 saturated heterocycles. The fourth-order valence-corrected chi connectivity index (χ4v) is 2.31. The summed E-state index contributed by atoms with van der Waals surface area (Å²) in [4.78, 5) is 0. The standard InChI is InChI=1S/C17H18NO.BF4/c1-17(2,3)16-18(13-9-5-4-6-10-13)14-11-7-8-12-15(14)19-16;2-1(3,4)5/h4-12H,1-3H3;/q+1;-1. The minimum absolute atomic E-state index is 0.0468. The average molecular weight is 339 g/mol. The van der Waals surface area contributed by atoms with Crippen LogP contribution in [-0.2, 0) is 5.41 Å². The van der Waals surface area contributed by atoms with Crippen molar-refractivity contribution >= 4 is 18.4 Å². The van der Waals surface area contributed by atoms with Gasteiger partial charge in [0.05, 0.1) is 5.41 Å². The third kappa shape index (κ3) is 4.60. The SMILES string of the molecule is CC(C)(C)c1oc2ccccc2[n+]1-c1ccccc1.F[B-](F)(F)F. The van der Waals surface area contributed by atoms with Crippen LogP contribution in [0.4, 0.5) is 17.3 Å². The fraction of sp³-hybridized carbons (Fsp3) is 0.235. The van der Waals surface area contributed by atoms with Gasteiger partial charge in [-0.05, 0) is 26.8 Å². The van der Waals surface area contributed by atoms with E-state index in [4.69, 9.17) is 4.42 Å². The van der Waals surface area contributed by atoms with Crippen LogP contribution < -0.4 is 4.57 Å². The largest absolute Gasteiger partial charge is 0.673 e. The van der Waals surface area contributed by atoms with Gasteiger partial charge in [0.2, 0.25) is 11.3 Å². The Bertz CT molecular complexity index is 801. The van der Waals surface area contributed by atoms with E-state index in [-0.39, 0.29) is 5.41 Å². The molecule has 1 heterocycles. The summed E-state index contributed by atoms with van der Waals surface area (Å²) in [6, 6.07) is 18.5. The van der Waals surface area contributed by atoms with Crippen molar-refractivity contribution in [3.63, 3.8) is 0 Å². The summed E-state index contributed by atoms with van der Waals surface area (Å²) in [6.07, 6.45) is 0. The first kappa shape index (κ1) is 18.0. The molecular formula is C17H18BF4NO. The van der Waals surface area contributed by atoms with Gasteiger partial charge in [0.15, 0.2) is 0 Å². The first-order valence-electron chi connectivity index (χ1n) is 7.44. The normalized spacial score (nSPS) is 12.0. The van der Waals surface area contributed by atoms with Crippen molar-refractivity contribution in [1.82, 2.24) is 0 Å². The summed E-state index contributed by atoms with van der Waals surface area (Å²) in [5.74, 6) is 0.972. The van der Waals surface area contributed by atoms with Crippen LogP contribution in [-0.4, -0.2) is 7.25 Å². The predicted molar refractivity (Wildman–Crippen MR) is 86.6 cm³/mol. The number of halogens is 4. The molecule has 0 amide bonds. The number of hydrogen-bond acceptors (Lipinski definition) is 1. The van der Waals surface area contributed by atoms with Crippen molar-refractivity contribution < 1.29 is 26.2 Å². The molecule has 0 fully saturated rings. The molecular weight excluding hydrogens is 321 g/mol. The van der Waals surface area contributed by atoms with Gasteiger partial charge >= 0.3 is 13.1 Å². The van der Waals surface area contributed by atoms with Crippen LogP contribution in [0.1, 0.15) is 26.7 Å². The van der Waals surface area contributed by atoms with Crippen LogP contribution >= 0.6 is 0 Å². The Balaban J connectivity index is 0.000000368. The van der Waals surface area contributed by atoms with Gasteiger partial charge in [-0.15, -0.1) is 4.57 Å². The van der Waals surface area contributed by atoms with E-state index in [2.05, 4.69) is 55.7 Å². The molecule has 0 spiro atoms. The Morgan fingerprint density at radius 2 is 1.33 bits per heavy atom. The summed E-state index contributed by atoms with van der Waals surface area (Å²) in [7, 11) is -6.00. The molecule has 3 aromatic rings. The Morgan fingerprint density at radius 1 is 0.833 bits per heavy atom. The summed E-state index contributed by atoms with van der Waals surface area (Å²) in [6.45, 7) is 6.51. The summed E-state index contributed by atoms with van der Waals surface area (Å²) in [5.41, 5.74) is 3.13. The number of oxazole rings is 1. The van der Waals surface area contributed by atoms with E-state index in [1.165, 1.54) is 0 Å². The molecule has 3 rings (SSSR count). The highest BCUT2D eigenvalue weighted by molar-refractivity contribution is 6.50. The number of aromatic nitrogens is 1. The predicted octanol–water partition coefficient (Wildman–Crippen LogP) is 5.31. The van der Waals surface area contributed by atoms with Gasteiger partial charge in [0.1, 0.15) is 0 Å². The van der Waals surface area contributed by atoms with Gasteiger partial charge in [-0.25, -0.2) is 0 Å². The molecule has 0 unspecified atom stereocenters. The lowest BCUT2D eigenvalue weighted by atomic mass is 9.96. The van der Waals surface area contributed by atoms with Crippen LogP contribution in [0.15, 0.2) is 59.0 Å². The van der Waals surface area contributed by atoms with Crippen LogP contribution in [0.2, 0.25) is 0 Å². The van der Waals surface area contributed by atoms with Gasteiger partial charge in [-0.2, -0.15) is 0 Å². The molecule has 128 valence electrons. The lowest BCUT2D eigenvalue weighted by molar-refractivity contribution is -0.587. The number of fused-ring (bicyclic) bond motifs is 1. The van der Waals surface area contributed by atoms with Gasteiger partial charge in [0.25, 0.3) is 5.52 Å². The molecule has 24 heavy (non-hydrogen) atoms.